The van der Waals surface area contributed by atoms with Crippen LogP contribution in [0, 0.1) is 22.7 Å². The van der Waals surface area contributed by atoms with Crippen LogP contribution >= 0.6 is 11.8 Å². The van der Waals surface area contributed by atoms with Crippen molar-refractivity contribution in [1.29, 1.82) is 10.5 Å². The van der Waals surface area contributed by atoms with Crippen molar-refractivity contribution >= 4 is 39.2 Å². The van der Waals surface area contributed by atoms with Crippen molar-refractivity contribution in [3.05, 3.63) is 58.5 Å². The molecular formula is C22H24N6O3S2. The van der Waals surface area contributed by atoms with Gasteiger partial charge < -0.3 is 10.6 Å². The normalized spacial score (nSPS) is 11.7. The minimum absolute atomic E-state index is 0.226. The Bertz CT molecular complexity index is 1260. The first-order valence-electron chi connectivity index (χ1n) is 9.74. The SMILES string of the molecule is C=CS(=O)(=O)N(C)c1ccc(C(Sc2nc(N(C)C)c(C#N)c(CC)c2C#N)C(N)=O)cc1. The summed E-state index contributed by atoms with van der Waals surface area (Å²) in [6.45, 7) is 5.14. The van der Waals surface area contributed by atoms with Crippen molar-refractivity contribution in [2.45, 2.75) is 23.6 Å². The number of hydrogen-bond donors (Lipinski definition) is 1. The van der Waals surface area contributed by atoms with Crippen molar-refractivity contribution in [1.82, 2.24) is 4.98 Å². The van der Waals surface area contributed by atoms with Crippen molar-refractivity contribution < 1.29 is 13.2 Å². The first-order valence-corrected chi connectivity index (χ1v) is 12.1. The molecule has 0 bridgehead atoms. The third-order valence-electron chi connectivity index (χ3n) is 4.89. The van der Waals surface area contributed by atoms with Crippen LogP contribution in [0.15, 0.2) is 41.3 Å². The lowest BCUT2D eigenvalue weighted by Gasteiger charge is -2.21. The molecule has 2 aromatic rings. The first kappa shape index (κ1) is 25.7. The number of benzene rings is 1. The average Bonchev–Trinajstić information content (AvgIpc) is 2.80. The molecular weight excluding hydrogens is 460 g/mol. The van der Waals surface area contributed by atoms with Crippen molar-refractivity contribution in [2.75, 3.05) is 30.3 Å². The molecule has 0 aliphatic rings. The molecule has 0 spiro atoms. The van der Waals surface area contributed by atoms with E-state index in [4.69, 9.17) is 5.73 Å². The summed E-state index contributed by atoms with van der Waals surface area (Å²) >= 11 is 1.01. The minimum atomic E-state index is -3.66. The van der Waals surface area contributed by atoms with Gasteiger partial charge in [-0.2, -0.15) is 10.5 Å². The number of carbonyl (C=O) groups is 1. The van der Waals surface area contributed by atoms with E-state index in [9.17, 15) is 23.7 Å². The molecule has 0 aliphatic heterocycles. The second kappa shape index (κ2) is 10.4. The van der Waals surface area contributed by atoms with Crippen LogP contribution < -0.4 is 14.9 Å². The predicted octanol–water partition coefficient (Wildman–Crippen LogP) is 2.68. The number of hydrogen-bond acceptors (Lipinski definition) is 8. The highest BCUT2D eigenvalue weighted by atomic mass is 32.2. The number of aromatic nitrogens is 1. The summed E-state index contributed by atoms with van der Waals surface area (Å²) < 4.78 is 25.1. The zero-order chi connectivity index (χ0) is 24.9. The Labute approximate surface area is 198 Å². The summed E-state index contributed by atoms with van der Waals surface area (Å²) in [6, 6.07) is 10.5. The Balaban J connectivity index is 2.57. The van der Waals surface area contributed by atoms with Gasteiger partial charge in [0.2, 0.25) is 5.91 Å². The summed E-state index contributed by atoms with van der Waals surface area (Å²) in [5.41, 5.74) is 7.65. The predicted molar refractivity (Wildman–Crippen MR) is 129 cm³/mol. The highest BCUT2D eigenvalue weighted by molar-refractivity contribution is 8.00. The number of primary amides is 1. The van der Waals surface area contributed by atoms with E-state index < -0.39 is 21.2 Å². The van der Waals surface area contributed by atoms with Crippen LogP contribution in [0.5, 0.6) is 0 Å². The summed E-state index contributed by atoms with van der Waals surface area (Å²) in [5.74, 6) is -0.259. The number of anilines is 2. The number of nitriles is 2. The van der Waals surface area contributed by atoms with E-state index in [1.807, 2.05) is 6.92 Å². The molecule has 2 N–H and O–H groups in total. The number of thioether (sulfide) groups is 1. The molecule has 1 atom stereocenters. The number of sulfonamides is 1. The molecule has 9 nitrogen and oxygen atoms in total. The Morgan fingerprint density at radius 3 is 2.21 bits per heavy atom. The van der Waals surface area contributed by atoms with Gasteiger partial charge >= 0.3 is 0 Å². The molecule has 2 rings (SSSR count). The monoisotopic (exact) mass is 484 g/mol. The standard InChI is InChI=1S/C22H24N6O3S2/c1-6-16-17(12-23)21(27(3)4)26-22(18(16)13-24)32-19(20(25)29)14-8-10-15(11-9-14)28(5)33(30,31)7-2/h7-11,19H,2,6H2,1,3-5H3,(H2,25,29). The maximum Gasteiger partial charge on any atom is 0.256 e. The largest absolute Gasteiger partial charge is 0.368 e. The minimum Gasteiger partial charge on any atom is -0.368 e. The summed E-state index contributed by atoms with van der Waals surface area (Å²) in [7, 11) is 1.20. The highest BCUT2D eigenvalue weighted by Crippen LogP contribution is 2.39. The van der Waals surface area contributed by atoms with Crippen LogP contribution in [0.1, 0.15) is 34.4 Å². The molecule has 0 radical (unpaired) electrons. The van der Waals surface area contributed by atoms with Crippen LogP contribution in [0.4, 0.5) is 11.5 Å². The molecule has 0 saturated heterocycles. The van der Waals surface area contributed by atoms with Gasteiger partial charge in [0.15, 0.2) is 0 Å². The van der Waals surface area contributed by atoms with E-state index in [-0.39, 0.29) is 10.6 Å². The third kappa shape index (κ3) is 5.28. The molecule has 1 unspecified atom stereocenters. The first-order chi connectivity index (χ1) is 15.5. The second-order valence-electron chi connectivity index (χ2n) is 7.11. The van der Waals surface area contributed by atoms with E-state index >= 15 is 0 Å². The van der Waals surface area contributed by atoms with Gasteiger partial charge in [-0.15, -0.1) is 0 Å². The Kier molecular flexibility index (Phi) is 8.09. The molecule has 0 aliphatic carbocycles. The van der Waals surface area contributed by atoms with Gasteiger partial charge in [-0.25, -0.2) is 13.4 Å². The zero-order valence-corrected chi connectivity index (χ0v) is 20.4. The summed E-state index contributed by atoms with van der Waals surface area (Å²) in [5, 5.41) is 19.6. The van der Waals surface area contributed by atoms with Crippen molar-refractivity contribution in [2.24, 2.45) is 5.73 Å². The number of carbonyl (C=O) groups excluding carboxylic acids is 1. The Hall–Kier alpha value is -3.54. The number of amides is 1. The fourth-order valence-corrected chi connectivity index (χ4v) is 4.81. The van der Waals surface area contributed by atoms with E-state index in [1.165, 1.54) is 7.05 Å². The number of rotatable bonds is 9. The van der Waals surface area contributed by atoms with Crippen LogP contribution in [-0.2, 0) is 21.2 Å². The topological polar surface area (TPSA) is 144 Å². The van der Waals surface area contributed by atoms with Crippen LogP contribution in [-0.4, -0.2) is 40.5 Å². The number of nitrogens with two attached hydrogens (primary N) is 1. The van der Waals surface area contributed by atoms with Crippen LogP contribution in [0.2, 0.25) is 0 Å². The maximum atomic E-state index is 12.3. The molecule has 0 fully saturated rings. The smallest absolute Gasteiger partial charge is 0.256 e. The lowest BCUT2D eigenvalue weighted by Crippen LogP contribution is -2.24. The van der Waals surface area contributed by atoms with E-state index in [1.54, 1.807) is 43.3 Å². The van der Waals surface area contributed by atoms with Gasteiger partial charge in [0.1, 0.15) is 28.2 Å². The van der Waals surface area contributed by atoms with Crippen LogP contribution in [0.25, 0.3) is 0 Å². The second-order valence-corrected chi connectivity index (χ2v) is 10.1. The number of pyridine rings is 1. The molecule has 33 heavy (non-hydrogen) atoms. The lowest BCUT2D eigenvalue weighted by molar-refractivity contribution is -0.117. The maximum absolute atomic E-state index is 12.3. The third-order valence-corrected chi connectivity index (χ3v) is 7.54. The van der Waals surface area contributed by atoms with Crippen molar-refractivity contribution in [3.63, 3.8) is 0 Å². The van der Waals surface area contributed by atoms with E-state index in [0.29, 0.717) is 34.6 Å². The van der Waals surface area contributed by atoms with Gasteiger partial charge in [-0.05, 0) is 29.7 Å². The lowest BCUT2D eigenvalue weighted by atomic mass is 10.0. The van der Waals surface area contributed by atoms with Gasteiger partial charge in [-0.1, -0.05) is 37.4 Å². The quantitative estimate of drug-likeness (QED) is 0.535. The molecule has 1 amide bonds. The van der Waals surface area contributed by atoms with Gasteiger partial charge in [0.25, 0.3) is 10.0 Å². The summed E-state index contributed by atoms with van der Waals surface area (Å²) in [4.78, 5) is 18.5. The summed E-state index contributed by atoms with van der Waals surface area (Å²) in [6.07, 6.45) is 0.433. The number of nitrogens with zero attached hydrogens (tertiary/aromatic N) is 5. The fraction of sp³-hybridized carbons (Fsp3) is 0.273. The zero-order valence-electron chi connectivity index (χ0n) is 18.7. The molecule has 172 valence electrons. The Morgan fingerprint density at radius 2 is 1.79 bits per heavy atom. The Morgan fingerprint density at radius 1 is 1.21 bits per heavy atom. The van der Waals surface area contributed by atoms with E-state index in [2.05, 4.69) is 23.7 Å². The molecule has 1 heterocycles. The molecule has 1 aromatic heterocycles. The van der Waals surface area contributed by atoms with Gasteiger partial charge in [-0.3, -0.25) is 9.10 Å². The fourth-order valence-electron chi connectivity index (χ4n) is 3.11. The highest BCUT2D eigenvalue weighted by Gasteiger charge is 2.26. The molecule has 0 saturated carbocycles. The molecule has 1 aromatic carbocycles. The van der Waals surface area contributed by atoms with Crippen molar-refractivity contribution in [3.8, 4) is 12.1 Å². The van der Waals surface area contributed by atoms with E-state index in [0.717, 1.165) is 21.5 Å². The molecule has 11 heteroatoms. The van der Waals surface area contributed by atoms with Gasteiger partial charge in [0, 0.05) is 26.6 Å². The van der Waals surface area contributed by atoms with Crippen LogP contribution in [0.3, 0.4) is 0 Å². The van der Waals surface area contributed by atoms with Gasteiger partial charge in [0.05, 0.1) is 16.8 Å². The average molecular weight is 485 g/mol.